The fourth-order valence-corrected chi connectivity index (χ4v) is 4.97. The molecule has 0 aliphatic carbocycles. The van der Waals surface area contributed by atoms with Crippen LogP contribution in [0.5, 0.6) is 0 Å². The summed E-state index contributed by atoms with van der Waals surface area (Å²) < 4.78 is 46.6. The number of aryl methyl sites for hydroxylation is 2. The molecule has 0 aliphatic heterocycles. The van der Waals surface area contributed by atoms with Gasteiger partial charge < -0.3 is 9.73 Å². The molecular weight excluding hydrogens is 486 g/mol. The number of nitrogens with zero attached hydrogens (tertiary/aromatic N) is 1. The lowest BCUT2D eigenvalue weighted by Crippen LogP contribution is -2.07. The highest BCUT2D eigenvalue weighted by molar-refractivity contribution is 7.91. The normalized spacial score (nSPS) is 11.5. The number of hydrogen-bond donors (Lipinski definition) is 1. The van der Waals surface area contributed by atoms with Crippen molar-refractivity contribution in [3.05, 3.63) is 93.2 Å². The zero-order valence-corrected chi connectivity index (χ0v) is 20.0. The fraction of sp³-hybridized carbons (Fsp3) is 0.125. The van der Waals surface area contributed by atoms with Crippen molar-refractivity contribution in [1.29, 1.82) is 0 Å². The van der Waals surface area contributed by atoms with Crippen molar-refractivity contribution in [3.8, 4) is 11.5 Å². The highest BCUT2D eigenvalue weighted by Crippen LogP contribution is 2.35. The number of halogens is 3. The molecule has 0 spiro atoms. The van der Waals surface area contributed by atoms with Crippen LogP contribution in [0.15, 0.2) is 75.0 Å². The van der Waals surface area contributed by atoms with Crippen LogP contribution < -0.4 is 5.32 Å². The SMILES string of the molecule is Cc1cccc(CNc2oc(-c3cc(F)ccc3C)nc2S(=O)(=O)c2ccc(Cl)c(Cl)c2)c1. The van der Waals surface area contributed by atoms with E-state index in [1.807, 2.05) is 31.2 Å². The maximum Gasteiger partial charge on any atom is 0.234 e. The Hall–Kier alpha value is -2.87. The zero-order chi connectivity index (χ0) is 23.8. The quantitative estimate of drug-likeness (QED) is 0.310. The van der Waals surface area contributed by atoms with Crippen molar-refractivity contribution in [1.82, 2.24) is 4.98 Å². The lowest BCUT2D eigenvalue weighted by atomic mass is 10.1. The van der Waals surface area contributed by atoms with Crippen LogP contribution >= 0.6 is 23.2 Å². The highest BCUT2D eigenvalue weighted by atomic mass is 35.5. The van der Waals surface area contributed by atoms with Crippen LogP contribution in [-0.4, -0.2) is 13.4 Å². The van der Waals surface area contributed by atoms with Gasteiger partial charge >= 0.3 is 0 Å². The fourth-order valence-electron chi connectivity index (χ4n) is 3.30. The molecule has 170 valence electrons. The molecule has 0 fully saturated rings. The Labute approximate surface area is 201 Å². The van der Waals surface area contributed by atoms with E-state index in [-0.39, 0.29) is 31.7 Å². The summed E-state index contributed by atoms with van der Waals surface area (Å²) in [7, 11) is -4.14. The van der Waals surface area contributed by atoms with E-state index in [4.69, 9.17) is 27.6 Å². The Bertz CT molecular complexity index is 1450. The summed E-state index contributed by atoms with van der Waals surface area (Å²) in [5, 5.41) is 3.02. The van der Waals surface area contributed by atoms with E-state index in [1.165, 1.54) is 30.3 Å². The average molecular weight is 505 g/mol. The van der Waals surface area contributed by atoms with Gasteiger partial charge in [-0.3, -0.25) is 0 Å². The van der Waals surface area contributed by atoms with Crippen molar-refractivity contribution in [2.24, 2.45) is 0 Å². The molecule has 3 aromatic carbocycles. The number of anilines is 1. The molecule has 4 aromatic rings. The van der Waals surface area contributed by atoms with Crippen molar-refractivity contribution in [2.75, 3.05) is 5.32 Å². The third-order valence-electron chi connectivity index (χ3n) is 5.02. The summed E-state index contributed by atoms with van der Waals surface area (Å²) in [4.78, 5) is 4.16. The predicted octanol–water partition coefficient (Wildman–Crippen LogP) is 6.85. The number of oxazole rings is 1. The van der Waals surface area contributed by atoms with Gasteiger partial charge in [0, 0.05) is 12.1 Å². The number of sulfone groups is 1. The third kappa shape index (κ3) is 4.90. The van der Waals surface area contributed by atoms with E-state index in [2.05, 4.69) is 10.3 Å². The molecule has 9 heteroatoms. The molecule has 5 nitrogen and oxygen atoms in total. The van der Waals surface area contributed by atoms with Crippen molar-refractivity contribution >= 4 is 38.9 Å². The van der Waals surface area contributed by atoms with Gasteiger partial charge in [0.05, 0.1) is 14.9 Å². The number of nitrogens with one attached hydrogen (secondary N) is 1. The summed E-state index contributed by atoms with van der Waals surface area (Å²) >= 11 is 12.0. The first-order valence-corrected chi connectivity index (χ1v) is 12.2. The Kier molecular flexibility index (Phi) is 6.47. The van der Waals surface area contributed by atoms with E-state index < -0.39 is 15.7 Å². The van der Waals surface area contributed by atoms with Gasteiger partial charge in [-0.15, -0.1) is 0 Å². The molecule has 0 bridgehead atoms. The van der Waals surface area contributed by atoms with Gasteiger partial charge in [-0.2, -0.15) is 4.98 Å². The second-order valence-corrected chi connectivity index (χ2v) is 10.2. The van der Waals surface area contributed by atoms with Gasteiger partial charge in [0.1, 0.15) is 5.82 Å². The van der Waals surface area contributed by atoms with Crippen molar-refractivity contribution in [2.45, 2.75) is 30.3 Å². The molecule has 0 atom stereocenters. The predicted molar refractivity (Wildman–Crippen MR) is 127 cm³/mol. The third-order valence-corrected chi connectivity index (χ3v) is 7.42. The molecule has 0 amide bonds. The maximum absolute atomic E-state index is 13.9. The lowest BCUT2D eigenvalue weighted by Gasteiger charge is -2.07. The van der Waals surface area contributed by atoms with Crippen molar-refractivity contribution < 1.29 is 17.2 Å². The van der Waals surface area contributed by atoms with Gasteiger partial charge in [0.15, 0.2) is 0 Å². The summed E-state index contributed by atoms with van der Waals surface area (Å²) in [6.07, 6.45) is 0. The minimum absolute atomic E-state index is 0.0163. The summed E-state index contributed by atoms with van der Waals surface area (Å²) in [5.41, 5.74) is 3.02. The second-order valence-electron chi connectivity index (χ2n) is 7.53. The second kappa shape index (κ2) is 9.17. The number of rotatable bonds is 6. The average Bonchev–Trinajstić information content (AvgIpc) is 3.21. The van der Waals surface area contributed by atoms with Crippen LogP contribution in [0.2, 0.25) is 10.0 Å². The summed E-state index contributed by atoms with van der Waals surface area (Å²) in [6.45, 7) is 4.01. The van der Waals surface area contributed by atoms with E-state index in [0.717, 1.165) is 11.1 Å². The summed E-state index contributed by atoms with van der Waals surface area (Å²) in [6, 6.07) is 15.9. The lowest BCUT2D eigenvalue weighted by molar-refractivity contribution is 0.574. The Balaban J connectivity index is 1.82. The zero-order valence-electron chi connectivity index (χ0n) is 17.7. The molecular formula is C24H19Cl2FN2O3S. The first-order valence-electron chi connectivity index (χ1n) is 9.92. The minimum atomic E-state index is -4.14. The molecule has 33 heavy (non-hydrogen) atoms. The molecule has 4 rings (SSSR count). The Morgan fingerprint density at radius 2 is 1.79 bits per heavy atom. The first kappa shape index (κ1) is 23.3. The van der Waals surface area contributed by atoms with Gasteiger partial charge in [-0.1, -0.05) is 59.1 Å². The molecule has 0 saturated heterocycles. The minimum Gasteiger partial charge on any atom is -0.419 e. The topological polar surface area (TPSA) is 72.2 Å². The van der Waals surface area contributed by atoms with Crippen LogP contribution in [0.3, 0.4) is 0 Å². The van der Waals surface area contributed by atoms with E-state index in [9.17, 15) is 12.8 Å². The van der Waals surface area contributed by atoms with Crippen LogP contribution in [0, 0.1) is 19.7 Å². The van der Waals surface area contributed by atoms with Gasteiger partial charge in [0.25, 0.3) is 0 Å². The van der Waals surface area contributed by atoms with E-state index in [0.29, 0.717) is 17.7 Å². The standard InChI is InChI=1S/C24H19Cl2FN2O3S/c1-14-4-3-5-16(10-14)13-28-23-24(33(30,31)18-8-9-20(25)21(26)12-18)29-22(32-23)19-11-17(27)7-6-15(19)2/h3-12,28H,13H2,1-2H3. The molecule has 0 saturated carbocycles. The number of aromatic nitrogens is 1. The summed E-state index contributed by atoms with van der Waals surface area (Å²) in [5.74, 6) is -0.560. The van der Waals surface area contributed by atoms with Crippen molar-refractivity contribution in [3.63, 3.8) is 0 Å². The molecule has 1 N–H and O–H groups in total. The molecule has 0 unspecified atom stereocenters. The highest BCUT2D eigenvalue weighted by Gasteiger charge is 2.29. The molecule has 0 radical (unpaired) electrons. The van der Waals surface area contributed by atoms with Gasteiger partial charge in [0.2, 0.25) is 26.6 Å². The van der Waals surface area contributed by atoms with Gasteiger partial charge in [-0.25, -0.2) is 12.8 Å². The van der Waals surface area contributed by atoms with Gasteiger partial charge in [-0.05, 0) is 55.3 Å². The number of benzene rings is 3. The monoisotopic (exact) mass is 504 g/mol. The maximum atomic E-state index is 13.9. The largest absolute Gasteiger partial charge is 0.419 e. The van der Waals surface area contributed by atoms with E-state index >= 15 is 0 Å². The van der Waals surface area contributed by atoms with Crippen LogP contribution in [0.4, 0.5) is 10.3 Å². The van der Waals surface area contributed by atoms with Crippen LogP contribution in [-0.2, 0) is 16.4 Å². The molecule has 1 aromatic heterocycles. The number of hydrogen-bond acceptors (Lipinski definition) is 5. The smallest absolute Gasteiger partial charge is 0.234 e. The van der Waals surface area contributed by atoms with Crippen LogP contribution in [0.25, 0.3) is 11.5 Å². The molecule has 1 heterocycles. The van der Waals surface area contributed by atoms with E-state index in [1.54, 1.807) is 13.0 Å². The van der Waals surface area contributed by atoms with Crippen LogP contribution in [0.1, 0.15) is 16.7 Å². The first-order chi connectivity index (χ1) is 15.6. The Morgan fingerprint density at radius 3 is 2.52 bits per heavy atom. The molecule has 0 aliphatic rings. The Morgan fingerprint density at radius 1 is 1.00 bits per heavy atom.